The topological polar surface area (TPSA) is 0 Å². The third-order valence-corrected chi connectivity index (χ3v) is 18.3. The van der Waals surface area contributed by atoms with Gasteiger partial charge in [0.2, 0.25) is 0 Å². The number of thiophene rings is 4. The van der Waals surface area contributed by atoms with Crippen molar-refractivity contribution in [2.75, 3.05) is 0 Å². The highest BCUT2D eigenvalue weighted by molar-refractivity contribution is 7.17. The molecule has 0 atom stereocenters. The number of hydrogen-bond acceptors (Lipinski definition) is 4. The van der Waals surface area contributed by atoms with E-state index >= 15 is 0 Å². The summed E-state index contributed by atoms with van der Waals surface area (Å²) in [5, 5.41) is 8.32. The molecular formula is C56H66S4. The average molecular weight is 867 g/mol. The second kappa shape index (κ2) is 14.1. The molecule has 0 amide bonds. The van der Waals surface area contributed by atoms with Crippen molar-refractivity contribution in [1.82, 2.24) is 0 Å². The van der Waals surface area contributed by atoms with Gasteiger partial charge >= 0.3 is 0 Å². The van der Waals surface area contributed by atoms with Gasteiger partial charge in [-0.15, -0.1) is 45.3 Å². The summed E-state index contributed by atoms with van der Waals surface area (Å²) >= 11 is 7.96. The van der Waals surface area contributed by atoms with Crippen LogP contribution in [0.4, 0.5) is 0 Å². The molecular weight excluding hydrogens is 801 g/mol. The van der Waals surface area contributed by atoms with Gasteiger partial charge in [-0.2, -0.15) is 0 Å². The van der Waals surface area contributed by atoms with Gasteiger partial charge in [0.05, 0.1) is 0 Å². The second-order valence-corrected chi connectivity index (χ2v) is 27.9. The number of hydrogen-bond donors (Lipinski definition) is 0. The van der Waals surface area contributed by atoms with Gasteiger partial charge in [0.15, 0.2) is 0 Å². The van der Waals surface area contributed by atoms with Crippen LogP contribution in [-0.4, -0.2) is 0 Å². The minimum Gasteiger partial charge on any atom is -0.140 e. The van der Waals surface area contributed by atoms with Crippen molar-refractivity contribution in [3.8, 4) is 41.8 Å². The Morgan fingerprint density at radius 3 is 0.617 bits per heavy atom. The highest BCUT2D eigenvalue weighted by atomic mass is 32.1. The van der Waals surface area contributed by atoms with E-state index in [1.54, 1.807) is 0 Å². The lowest BCUT2D eigenvalue weighted by molar-refractivity contribution is 0.591. The minimum atomic E-state index is -0.0680. The lowest BCUT2D eigenvalue weighted by Gasteiger charge is -2.29. The molecule has 0 bridgehead atoms. The van der Waals surface area contributed by atoms with Crippen LogP contribution in [0.1, 0.15) is 155 Å². The minimum absolute atomic E-state index is 0.0547. The fourth-order valence-corrected chi connectivity index (χ4v) is 13.1. The Balaban J connectivity index is 1.72. The highest BCUT2D eigenvalue weighted by Crippen LogP contribution is 2.58. The van der Waals surface area contributed by atoms with Crippen LogP contribution in [0.3, 0.4) is 0 Å². The first-order valence-corrected chi connectivity index (χ1v) is 25.1. The Labute approximate surface area is 377 Å². The predicted molar refractivity (Wildman–Crippen MR) is 276 cm³/mol. The first-order valence-electron chi connectivity index (χ1n) is 21.8. The largest absolute Gasteiger partial charge is 0.140 e. The first-order chi connectivity index (χ1) is 27.5. The zero-order chi connectivity index (χ0) is 43.9. The van der Waals surface area contributed by atoms with E-state index < -0.39 is 0 Å². The average Bonchev–Trinajstić information content (AvgIpc) is 3.94. The molecule has 60 heavy (non-hydrogen) atoms. The van der Waals surface area contributed by atoms with Gasteiger partial charge < -0.3 is 0 Å². The fraction of sp³-hybridized carbons (Fsp3) is 0.429. The molecule has 4 aromatic heterocycles. The molecule has 0 aliphatic heterocycles. The van der Waals surface area contributed by atoms with E-state index in [0.717, 1.165) is 0 Å². The summed E-state index contributed by atoms with van der Waals surface area (Å²) in [5.41, 5.74) is 8.40. The van der Waals surface area contributed by atoms with Crippen LogP contribution >= 0.6 is 45.3 Å². The zero-order valence-corrected chi connectivity index (χ0v) is 42.8. The molecule has 314 valence electrons. The summed E-state index contributed by atoms with van der Waals surface area (Å²) in [7, 11) is 0. The monoisotopic (exact) mass is 866 g/mol. The Kier molecular flexibility index (Phi) is 10.2. The van der Waals surface area contributed by atoms with E-state index in [4.69, 9.17) is 0 Å². The predicted octanol–water partition coefficient (Wildman–Crippen LogP) is 19.3. The van der Waals surface area contributed by atoms with Crippen molar-refractivity contribution >= 4 is 77.7 Å². The van der Waals surface area contributed by atoms with Crippen LogP contribution in [0.25, 0.3) is 74.1 Å². The molecule has 0 aliphatic rings. The SMILES string of the molecule is CC(C)(C)c1cc2c(-c3ccc(C(C)(C)C)s3)c(-c3ccc(C(C)(C)C)s3)c3cc(C(C)(C)C)cc4c(-c5ccc(C(C)(C)C)s5)c(-c5ccc(C(C)(C)C)s5)c(c1)c2c34. The molecule has 0 fully saturated rings. The maximum atomic E-state index is 2.59. The maximum Gasteiger partial charge on any atom is 0.0358 e. The van der Waals surface area contributed by atoms with Gasteiger partial charge in [0.25, 0.3) is 0 Å². The highest BCUT2D eigenvalue weighted by Gasteiger charge is 2.33. The fourth-order valence-electron chi connectivity index (χ4n) is 8.54. The van der Waals surface area contributed by atoms with Gasteiger partial charge in [-0.25, -0.2) is 0 Å². The quantitative estimate of drug-likeness (QED) is 0.155. The van der Waals surface area contributed by atoms with Crippen LogP contribution in [0.2, 0.25) is 0 Å². The molecule has 0 N–H and O–H groups in total. The molecule has 4 heteroatoms. The molecule has 0 unspecified atom stereocenters. The number of rotatable bonds is 4. The van der Waals surface area contributed by atoms with Crippen molar-refractivity contribution in [3.05, 3.63) is 103 Å². The first kappa shape index (κ1) is 43.4. The summed E-state index contributed by atoms with van der Waals surface area (Å²) < 4.78 is 0. The van der Waals surface area contributed by atoms with Crippen molar-refractivity contribution in [2.45, 2.75) is 157 Å². The van der Waals surface area contributed by atoms with E-state index in [9.17, 15) is 0 Å². The number of benzene rings is 4. The lowest BCUT2D eigenvalue weighted by atomic mass is 9.76. The van der Waals surface area contributed by atoms with Gasteiger partial charge in [-0.05, 0) is 149 Å². The van der Waals surface area contributed by atoms with Crippen LogP contribution in [0, 0.1) is 0 Å². The summed E-state index contributed by atoms with van der Waals surface area (Å²) in [6.45, 7) is 42.6. The Hall–Kier alpha value is -3.28. The van der Waals surface area contributed by atoms with E-state index in [0.29, 0.717) is 0 Å². The summed E-state index contributed by atoms with van der Waals surface area (Å²) in [6.07, 6.45) is 0. The van der Waals surface area contributed by atoms with Gasteiger partial charge in [0.1, 0.15) is 0 Å². The normalized spacial score (nSPS) is 13.8. The summed E-state index contributed by atoms with van der Waals surface area (Å²) in [4.78, 5) is 11.1. The van der Waals surface area contributed by atoms with Gasteiger partial charge in [-0.1, -0.05) is 125 Å². The van der Waals surface area contributed by atoms with E-state index in [1.807, 2.05) is 45.3 Å². The van der Waals surface area contributed by atoms with Crippen LogP contribution in [0.15, 0.2) is 72.8 Å². The Bertz CT molecular complexity index is 2520. The second-order valence-electron chi connectivity index (χ2n) is 23.5. The van der Waals surface area contributed by atoms with Crippen molar-refractivity contribution in [3.63, 3.8) is 0 Å². The van der Waals surface area contributed by atoms with Crippen LogP contribution in [-0.2, 0) is 32.5 Å². The molecule has 0 saturated heterocycles. The van der Waals surface area contributed by atoms with Crippen molar-refractivity contribution in [1.29, 1.82) is 0 Å². The van der Waals surface area contributed by atoms with Gasteiger partial charge in [-0.3, -0.25) is 0 Å². The van der Waals surface area contributed by atoms with Crippen LogP contribution < -0.4 is 0 Å². The Morgan fingerprint density at radius 2 is 0.467 bits per heavy atom. The molecule has 8 rings (SSSR count). The molecule has 0 aliphatic carbocycles. The maximum absolute atomic E-state index is 2.59. The van der Waals surface area contributed by atoms with E-state index in [2.05, 4.69) is 197 Å². The molecule has 4 aromatic carbocycles. The molecule has 8 aromatic rings. The van der Waals surface area contributed by atoms with Gasteiger partial charge in [0, 0.05) is 61.3 Å². The molecule has 0 nitrogen and oxygen atoms in total. The summed E-state index contributed by atoms with van der Waals surface area (Å²) in [5.74, 6) is 0. The van der Waals surface area contributed by atoms with Crippen molar-refractivity contribution in [2.24, 2.45) is 0 Å². The Morgan fingerprint density at radius 1 is 0.267 bits per heavy atom. The zero-order valence-electron chi connectivity index (χ0n) is 39.6. The molecule has 4 heterocycles. The molecule has 0 spiro atoms. The lowest BCUT2D eigenvalue weighted by Crippen LogP contribution is -2.12. The van der Waals surface area contributed by atoms with Crippen LogP contribution in [0.5, 0.6) is 0 Å². The standard InChI is InChI=1S/C56H66S4/c1-51(2,3)31-27-33-45-34(28-31)48(38-20-24-42(58-38)54(10,11)12)50(40-22-26-44(60-40)56(16,17)18)36-30-32(52(4,5)6)29-35(46(36)45)49(39-21-25-43(59-39)55(13,14)15)47(33)37-19-23-41(57-37)53(7,8)9/h19-30H,1-18H3. The van der Waals surface area contributed by atoms with E-state index in [-0.39, 0.29) is 32.5 Å². The molecule has 0 saturated carbocycles. The third kappa shape index (κ3) is 7.54. The van der Waals surface area contributed by atoms with Crippen molar-refractivity contribution < 1.29 is 0 Å². The third-order valence-electron chi connectivity index (χ3n) is 12.2. The smallest absolute Gasteiger partial charge is 0.0358 e. The van der Waals surface area contributed by atoms with E-state index in [1.165, 1.54) is 105 Å². The molecule has 0 radical (unpaired) electrons. The summed E-state index contributed by atoms with van der Waals surface area (Å²) in [6, 6.07) is 29.7.